The topological polar surface area (TPSA) is 147 Å². The molecule has 4 N–H and O–H groups in total. The number of benzene rings is 1. The molecule has 0 aliphatic carbocycles. The molecule has 3 fully saturated rings. The summed E-state index contributed by atoms with van der Waals surface area (Å²) in [4.78, 5) is 22.3. The maximum atomic E-state index is 14.5. The molecule has 0 unspecified atom stereocenters. The minimum Gasteiger partial charge on any atom is -0.489 e. The van der Waals surface area contributed by atoms with E-state index in [-0.39, 0.29) is 58.0 Å². The highest BCUT2D eigenvalue weighted by molar-refractivity contribution is 6.36. The van der Waals surface area contributed by atoms with E-state index >= 15 is 0 Å². The van der Waals surface area contributed by atoms with Crippen LogP contribution in [-0.4, -0.2) is 82.2 Å². The van der Waals surface area contributed by atoms with Crippen molar-refractivity contribution in [1.29, 1.82) is 0 Å². The number of hydrogen-bond acceptors (Lipinski definition) is 12. The number of ether oxygens (including phenoxy) is 4. The summed E-state index contributed by atoms with van der Waals surface area (Å²) in [5.41, 5.74) is 11.4. The van der Waals surface area contributed by atoms with Gasteiger partial charge in [-0.1, -0.05) is 17.7 Å². The Balaban J connectivity index is 1.27. The van der Waals surface area contributed by atoms with Gasteiger partial charge in [0.1, 0.15) is 30.7 Å². The summed E-state index contributed by atoms with van der Waals surface area (Å²) < 4.78 is 68.1. The fourth-order valence-corrected chi connectivity index (χ4v) is 8.05. The minimum absolute atomic E-state index is 0.0266. The molecule has 0 amide bonds. The van der Waals surface area contributed by atoms with Gasteiger partial charge in [-0.15, -0.1) is 0 Å². The summed E-state index contributed by atoms with van der Waals surface area (Å²) in [5.74, 6) is 0.192. The number of nitrogens with two attached hydrogens (primary N) is 2. The maximum absolute atomic E-state index is 14.5. The Labute approximate surface area is 284 Å². The molecule has 0 saturated carbocycles. The molecule has 4 aromatic rings. The van der Waals surface area contributed by atoms with Gasteiger partial charge in [0, 0.05) is 30.3 Å². The monoisotopic (exact) mass is 698 g/mol. The normalized spacial score (nSPS) is 21.7. The van der Waals surface area contributed by atoms with E-state index in [4.69, 9.17) is 52.0 Å². The van der Waals surface area contributed by atoms with Crippen molar-refractivity contribution in [2.75, 3.05) is 62.4 Å². The summed E-state index contributed by atoms with van der Waals surface area (Å²) in [6, 6.07) is 6.35. The smallest absolute Gasteiger partial charge is 0.418 e. The van der Waals surface area contributed by atoms with E-state index in [9.17, 15) is 13.2 Å². The summed E-state index contributed by atoms with van der Waals surface area (Å²) in [5, 5.41) is 0.355. The van der Waals surface area contributed by atoms with Gasteiger partial charge >= 0.3 is 12.2 Å². The van der Waals surface area contributed by atoms with Crippen LogP contribution in [0, 0.1) is 6.92 Å². The van der Waals surface area contributed by atoms with Gasteiger partial charge in [-0.05, 0) is 50.1 Å². The summed E-state index contributed by atoms with van der Waals surface area (Å²) in [6.07, 6.45) is -0.604. The van der Waals surface area contributed by atoms with Gasteiger partial charge in [0.2, 0.25) is 0 Å². The van der Waals surface area contributed by atoms with Gasteiger partial charge in [0.15, 0.2) is 11.5 Å². The van der Waals surface area contributed by atoms with E-state index in [1.54, 1.807) is 12.3 Å². The first-order valence-corrected chi connectivity index (χ1v) is 16.4. The van der Waals surface area contributed by atoms with Crippen LogP contribution in [0.4, 0.5) is 30.6 Å². The molecular formula is C33H34ClF3N8O4. The van der Waals surface area contributed by atoms with Gasteiger partial charge in [-0.25, -0.2) is 9.97 Å². The largest absolute Gasteiger partial charge is 0.489 e. The van der Waals surface area contributed by atoms with Crippen LogP contribution in [0.15, 0.2) is 30.5 Å². The average Bonchev–Trinajstić information content (AvgIpc) is 3.70. The van der Waals surface area contributed by atoms with Crippen molar-refractivity contribution in [2.45, 2.75) is 50.2 Å². The summed E-state index contributed by atoms with van der Waals surface area (Å²) in [6.45, 7) is 5.03. The molecule has 3 saturated heterocycles. The van der Waals surface area contributed by atoms with Gasteiger partial charge in [0.05, 0.1) is 59.0 Å². The lowest BCUT2D eigenvalue weighted by atomic mass is 9.93. The number of halogens is 4. The van der Waals surface area contributed by atoms with Crippen LogP contribution in [0.1, 0.15) is 36.0 Å². The molecule has 4 aliphatic rings. The SMILES string of the molecule is Cc1cc(N)nc(-c2cc3nc(OC[C@@]45CCCN4CC4(C5)OCCO4)nc4c3c(c2Cl)OCCN4Cc2cccnc2N)c1C(F)(F)F. The Morgan fingerprint density at radius 3 is 2.67 bits per heavy atom. The zero-order valence-electron chi connectivity index (χ0n) is 26.6. The molecule has 0 bridgehead atoms. The first-order chi connectivity index (χ1) is 23.5. The number of pyridine rings is 2. The lowest BCUT2D eigenvalue weighted by Crippen LogP contribution is -2.43. The molecule has 1 aromatic carbocycles. The number of rotatable bonds is 6. The third-order valence-corrected chi connectivity index (χ3v) is 10.2. The van der Waals surface area contributed by atoms with Crippen LogP contribution in [0.3, 0.4) is 0 Å². The van der Waals surface area contributed by atoms with E-state index < -0.39 is 23.2 Å². The van der Waals surface area contributed by atoms with Crippen LogP contribution in [0.2, 0.25) is 5.02 Å². The molecule has 4 aliphatic heterocycles. The van der Waals surface area contributed by atoms with Crippen LogP contribution < -0.4 is 25.8 Å². The molecule has 12 nitrogen and oxygen atoms in total. The third kappa shape index (κ3) is 5.52. The molecule has 49 heavy (non-hydrogen) atoms. The van der Waals surface area contributed by atoms with Gasteiger partial charge < -0.3 is 35.3 Å². The van der Waals surface area contributed by atoms with Crippen molar-refractivity contribution in [3.63, 3.8) is 0 Å². The number of anilines is 3. The number of aryl methyl sites for hydroxylation is 1. The molecular weight excluding hydrogens is 665 g/mol. The van der Waals surface area contributed by atoms with Crippen LogP contribution >= 0.6 is 11.6 Å². The highest BCUT2D eigenvalue weighted by Crippen LogP contribution is 2.50. The van der Waals surface area contributed by atoms with Crippen molar-refractivity contribution in [3.8, 4) is 23.0 Å². The van der Waals surface area contributed by atoms with Gasteiger partial charge in [-0.2, -0.15) is 23.1 Å². The standard InChI is InChI=1S/C33H34ClF3N8O4/c1-18-12-22(38)42-26(24(18)33(35,36)37)20-13-21-23-27(25(20)34)46-9-8-44(14-19-4-2-6-40-28(19)39)29(23)43-30(41-21)47-17-31-5-3-7-45(31)16-32(15-31)48-10-11-49-32/h2,4,6,12-13H,3,5,7-11,14-17H2,1H3,(H2,38,42)(H2,39,40)/t31-/m0/s1. The van der Waals surface area contributed by atoms with Crippen LogP contribution in [-0.2, 0) is 22.2 Å². The quantitative estimate of drug-likeness (QED) is 0.280. The Morgan fingerprint density at radius 2 is 1.90 bits per heavy atom. The molecule has 3 aromatic heterocycles. The Kier molecular flexibility index (Phi) is 7.66. The number of nitrogen functional groups attached to an aromatic ring is 2. The summed E-state index contributed by atoms with van der Waals surface area (Å²) >= 11 is 6.93. The molecule has 1 atom stereocenters. The highest BCUT2D eigenvalue weighted by Gasteiger charge is 2.58. The van der Waals surface area contributed by atoms with Crippen molar-refractivity contribution >= 4 is 40.0 Å². The van der Waals surface area contributed by atoms with E-state index in [1.807, 2.05) is 11.0 Å². The second kappa shape index (κ2) is 11.7. The van der Waals surface area contributed by atoms with Crippen molar-refractivity contribution < 1.29 is 32.1 Å². The van der Waals surface area contributed by atoms with E-state index in [1.165, 1.54) is 19.1 Å². The number of fused-ring (bicyclic) bond motifs is 1. The number of aromatic nitrogens is 4. The van der Waals surface area contributed by atoms with Gasteiger partial charge in [0.25, 0.3) is 0 Å². The predicted molar refractivity (Wildman–Crippen MR) is 175 cm³/mol. The molecule has 1 spiro atoms. The first kappa shape index (κ1) is 32.0. The predicted octanol–water partition coefficient (Wildman–Crippen LogP) is 4.99. The Hall–Kier alpha value is -4.18. The van der Waals surface area contributed by atoms with Crippen LogP contribution in [0.25, 0.3) is 22.2 Å². The second-order valence-corrected chi connectivity index (χ2v) is 13.4. The second-order valence-electron chi connectivity index (χ2n) is 13.0. The minimum atomic E-state index is -4.74. The van der Waals surface area contributed by atoms with E-state index in [0.29, 0.717) is 56.3 Å². The number of nitrogens with zero attached hydrogens (tertiary/aromatic N) is 6. The average molecular weight is 699 g/mol. The van der Waals surface area contributed by atoms with Crippen molar-refractivity contribution in [1.82, 2.24) is 24.8 Å². The van der Waals surface area contributed by atoms with Crippen molar-refractivity contribution in [2.24, 2.45) is 0 Å². The molecule has 258 valence electrons. The first-order valence-electron chi connectivity index (χ1n) is 16.1. The lowest BCUT2D eigenvalue weighted by molar-refractivity contribution is -0.148. The molecule has 8 rings (SSSR count). The van der Waals surface area contributed by atoms with E-state index in [0.717, 1.165) is 24.9 Å². The van der Waals surface area contributed by atoms with E-state index in [2.05, 4.69) is 14.9 Å². The lowest BCUT2D eigenvalue weighted by Gasteiger charge is -2.31. The third-order valence-electron chi connectivity index (χ3n) is 9.87. The molecule has 16 heteroatoms. The van der Waals surface area contributed by atoms with Crippen LogP contribution in [0.5, 0.6) is 11.8 Å². The Morgan fingerprint density at radius 1 is 1.08 bits per heavy atom. The maximum Gasteiger partial charge on any atom is 0.418 e. The fraction of sp³-hybridized carbons (Fsp3) is 0.455. The molecule has 7 heterocycles. The zero-order chi connectivity index (χ0) is 34.1. The summed E-state index contributed by atoms with van der Waals surface area (Å²) in [7, 11) is 0. The van der Waals surface area contributed by atoms with Crippen molar-refractivity contribution in [3.05, 3.63) is 52.2 Å². The fourth-order valence-electron chi connectivity index (χ4n) is 7.75. The molecule has 0 radical (unpaired) electrons. The zero-order valence-corrected chi connectivity index (χ0v) is 27.4. The Bertz CT molecular complexity index is 1960. The number of hydrogen-bond donors (Lipinski definition) is 2. The number of alkyl halides is 3. The van der Waals surface area contributed by atoms with Gasteiger partial charge in [-0.3, -0.25) is 4.90 Å². The highest BCUT2D eigenvalue weighted by atomic mass is 35.5.